The van der Waals surface area contributed by atoms with E-state index in [0.717, 1.165) is 0 Å². The van der Waals surface area contributed by atoms with E-state index in [9.17, 15) is 4.79 Å². The van der Waals surface area contributed by atoms with E-state index >= 15 is 0 Å². The van der Waals surface area contributed by atoms with Crippen LogP contribution in [0.15, 0.2) is 17.1 Å². The summed E-state index contributed by atoms with van der Waals surface area (Å²) in [5.41, 5.74) is 5.04. The Morgan fingerprint density at radius 3 is 3.31 bits per heavy atom. The zero-order chi connectivity index (χ0) is 11.5. The first-order valence-electron chi connectivity index (χ1n) is 4.81. The van der Waals surface area contributed by atoms with Crippen molar-refractivity contribution >= 4 is 17.6 Å². The molecule has 0 saturated carbocycles. The Hall–Kier alpha value is -1.05. The second-order valence-electron chi connectivity index (χ2n) is 3.35. The number of methoxy groups -OCH3 is 1. The Kier molecular flexibility index (Phi) is 3.47. The van der Waals surface area contributed by atoms with Gasteiger partial charge in [-0.15, -0.1) is 11.8 Å². The molecule has 88 valence electrons. The Morgan fingerprint density at radius 1 is 1.81 bits per heavy atom. The topological polar surface area (TPSA) is 79.4 Å². The summed E-state index contributed by atoms with van der Waals surface area (Å²) < 4.78 is 12.0. The molecule has 1 aromatic heterocycles. The van der Waals surface area contributed by atoms with Gasteiger partial charge in [0, 0.05) is 13.3 Å². The van der Waals surface area contributed by atoms with Crippen LogP contribution in [0.2, 0.25) is 0 Å². The molecule has 1 aliphatic heterocycles. The lowest BCUT2D eigenvalue weighted by molar-refractivity contribution is 0.0595. The standard InChI is InChI=1S/C9H13N3O3S/c1-14-5-8-15-4-7(16-8)12-3-2-6(10)11-9(12)13/h2-3,7-8H,4-5H2,1H3,(H2,10,11,13). The summed E-state index contributed by atoms with van der Waals surface area (Å²) in [4.78, 5) is 15.2. The molecule has 0 aliphatic carbocycles. The van der Waals surface area contributed by atoms with E-state index in [1.54, 1.807) is 31.1 Å². The number of nitrogen functional groups attached to an aromatic ring is 1. The first-order chi connectivity index (χ1) is 7.70. The molecule has 0 radical (unpaired) electrons. The Bertz CT molecular complexity index is 423. The molecule has 1 saturated heterocycles. The lowest BCUT2D eigenvalue weighted by Gasteiger charge is -2.10. The molecule has 0 amide bonds. The molecular weight excluding hydrogens is 230 g/mol. The van der Waals surface area contributed by atoms with E-state index in [1.807, 2.05) is 0 Å². The first-order valence-corrected chi connectivity index (χ1v) is 5.75. The summed E-state index contributed by atoms with van der Waals surface area (Å²) >= 11 is 1.54. The molecule has 2 unspecified atom stereocenters. The van der Waals surface area contributed by atoms with Gasteiger partial charge in [-0.05, 0) is 6.07 Å². The average Bonchev–Trinajstić information content (AvgIpc) is 2.67. The van der Waals surface area contributed by atoms with Crippen molar-refractivity contribution in [1.29, 1.82) is 0 Å². The zero-order valence-corrected chi connectivity index (χ0v) is 9.64. The van der Waals surface area contributed by atoms with Gasteiger partial charge in [0.25, 0.3) is 0 Å². The van der Waals surface area contributed by atoms with Gasteiger partial charge in [0.05, 0.1) is 13.2 Å². The number of rotatable bonds is 3. The number of aromatic nitrogens is 2. The third-order valence-electron chi connectivity index (χ3n) is 2.20. The fourth-order valence-electron chi connectivity index (χ4n) is 1.46. The highest BCUT2D eigenvalue weighted by atomic mass is 32.2. The molecule has 1 aliphatic rings. The van der Waals surface area contributed by atoms with Crippen LogP contribution in [0.3, 0.4) is 0 Å². The van der Waals surface area contributed by atoms with Crippen molar-refractivity contribution in [3.63, 3.8) is 0 Å². The largest absolute Gasteiger partial charge is 0.383 e. The number of anilines is 1. The van der Waals surface area contributed by atoms with Gasteiger partial charge in [-0.3, -0.25) is 4.57 Å². The van der Waals surface area contributed by atoms with Gasteiger partial charge < -0.3 is 15.2 Å². The van der Waals surface area contributed by atoms with Crippen molar-refractivity contribution in [2.45, 2.75) is 10.8 Å². The summed E-state index contributed by atoms with van der Waals surface area (Å²) in [6, 6.07) is 1.60. The predicted molar refractivity (Wildman–Crippen MR) is 61.2 cm³/mol. The van der Waals surface area contributed by atoms with Crippen molar-refractivity contribution in [3.8, 4) is 0 Å². The van der Waals surface area contributed by atoms with E-state index in [1.165, 1.54) is 4.57 Å². The van der Waals surface area contributed by atoms with Gasteiger partial charge >= 0.3 is 5.69 Å². The van der Waals surface area contributed by atoms with Gasteiger partial charge in [-0.1, -0.05) is 0 Å². The molecule has 0 spiro atoms. The monoisotopic (exact) mass is 243 g/mol. The SMILES string of the molecule is COCC1OCC(n2ccc(N)nc2=O)S1. The van der Waals surface area contributed by atoms with Gasteiger partial charge in [0.2, 0.25) is 0 Å². The van der Waals surface area contributed by atoms with E-state index in [0.29, 0.717) is 13.2 Å². The highest BCUT2D eigenvalue weighted by Crippen LogP contribution is 2.34. The number of nitrogens with two attached hydrogens (primary N) is 1. The molecular formula is C9H13N3O3S. The number of hydrogen-bond donors (Lipinski definition) is 1. The van der Waals surface area contributed by atoms with Crippen LogP contribution in [0.1, 0.15) is 5.37 Å². The molecule has 6 nitrogen and oxygen atoms in total. The molecule has 7 heteroatoms. The molecule has 2 heterocycles. The third-order valence-corrected chi connectivity index (χ3v) is 3.45. The van der Waals surface area contributed by atoms with E-state index in [4.69, 9.17) is 15.2 Å². The van der Waals surface area contributed by atoms with Crippen LogP contribution in [0.25, 0.3) is 0 Å². The molecule has 0 bridgehead atoms. The van der Waals surface area contributed by atoms with Crippen molar-refractivity contribution in [1.82, 2.24) is 9.55 Å². The molecule has 1 fully saturated rings. The van der Waals surface area contributed by atoms with Crippen LogP contribution in [-0.2, 0) is 9.47 Å². The minimum Gasteiger partial charge on any atom is -0.383 e. The lowest BCUT2D eigenvalue weighted by atomic mass is 10.5. The number of ether oxygens (including phenoxy) is 2. The van der Waals surface area contributed by atoms with Crippen molar-refractivity contribution < 1.29 is 9.47 Å². The number of thioether (sulfide) groups is 1. The van der Waals surface area contributed by atoms with E-state index in [-0.39, 0.29) is 22.3 Å². The summed E-state index contributed by atoms with van der Waals surface area (Å²) in [7, 11) is 1.62. The molecule has 16 heavy (non-hydrogen) atoms. The van der Waals surface area contributed by atoms with Crippen LogP contribution in [0.4, 0.5) is 5.82 Å². The van der Waals surface area contributed by atoms with E-state index < -0.39 is 0 Å². The summed E-state index contributed by atoms with van der Waals surface area (Å²) in [6.45, 7) is 0.989. The van der Waals surface area contributed by atoms with Gasteiger partial charge in [-0.25, -0.2) is 4.79 Å². The van der Waals surface area contributed by atoms with Crippen LogP contribution in [-0.4, -0.2) is 35.3 Å². The second-order valence-corrected chi connectivity index (χ2v) is 4.69. The maximum absolute atomic E-state index is 11.6. The van der Waals surface area contributed by atoms with Crippen LogP contribution < -0.4 is 11.4 Å². The Balaban J connectivity index is 2.11. The van der Waals surface area contributed by atoms with Crippen LogP contribution in [0.5, 0.6) is 0 Å². The minimum atomic E-state index is -0.348. The van der Waals surface area contributed by atoms with Crippen LogP contribution >= 0.6 is 11.8 Å². The number of nitrogens with zero attached hydrogens (tertiary/aromatic N) is 2. The first kappa shape index (κ1) is 11.4. The van der Waals surface area contributed by atoms with Crippen LogP contribution in [0, 0.1) is 0 Å². The predicted octanol–water partition coefficient (Wildman–Crippen LogP) is 0.0600. The average molecular weight is 243 g/mol. The quantitative estimate of drug-likeness (QED) is 0.808. The highest BCUT2D eigenvalue weighted by Gasteiger charge is 2.28. The fourth-order valence-corrected chi connectivity index (χ4v) is 2.63. The lowest BCUT2D eigenvalue weighted by Crippen LogP contribution is -2.26. The minimum absolute atomic E-state index is 0.0283. The van der Waals surface area contributed by atoms with Gasteiger partial charge in [0.15, 0.2) is 0 Å². The third kappa shape index (κ3) is 2.37. The maximum atomic E-state index is 11.6. The zero-order valence-electron chi connectivity index (χ0n) is 8.83. The van der Waals surface area contributed by atoms with Crippen molar-refractivity contribution in [2.24, 2.45) is 0 Å². The second kappa shape index (κ2) is 4.86. The maximum Gasteiger partial charge on any atom is 0.350 e. The van der Waals surface area contributed by atoms with Crippen molar-refractivity contribution in [3.05, 3.63) is 22.7 Å². The van der Waals surface area contributed by atoms with Crippen molar-refractivity contribution in [2.75, 3.05) is 26.1 Å². The summed E-state index contributed by atoms with van der Waals surface area (Å²) in [5, 5.41) is -0.0549. The van der Waals surface area contributed by atoms with Gasteiger partial charge in [0.1, 0.15) is 16.6 Å². The van der Waals surface area contributed by atoms with Gasteiger partial charge in [-0.2, -0.15) is 4.98 Å². The van der Waals surface area contributed by atoms with E-state index in [2.05, 4.69) is 4.98 Å². The highest BCUT2D eigenvalue weighted by molar-refractivity contribution is 8.00. The summed E-state index contributed by atoms with van der Waals surface area (Å²) in [5.74, 6) is 0.235. The molecule has 1 aromatic rings. The Labute approximate surface area is 96.8 Å². The Morgan fingerprint density at radius 2 is 2.62 bits per heavy atom. The molecule has 0 aromatic carbocycles. The molecule has 2 N–H and O–H groups in total. The normalized spacial score (nSPS) is 24.8. The summed E-state index contributed by atoms with van der Waals surface area (Å²) in [6.07, 6.45) is 1.64. The smallest absolute Gasteiger partial charge is 0.350 e. The molecule has 2 atom stereocenters. The number of hydrogen-bond acceptors (Lipinski definition) is 6. The molecule has 2 rings (SSSR count). The fraction of sp³-hybridized carbons (Fsp3) is 0.556.